The Morgan fingerprint density at radius 3 is 2.41 bits per heavy atom. The Labute approximate surface area is 160 Å². The molecule has 7 heteroatoms. The van der Waals surface area contributed by atoms with Gasteiger partial charge >= 0.3 is 5.97 Å². The topological polar surface area (TPSA) is 68.3 Å². The average molecular weight is 376 g/mol. The summed E-state index contributed by atoms with van der Waals surface area (Å²) < 4.78 is 16.4. The molecule has 2 fully saturated rings. The SMILES string of the molecule is COc1ccc(N2CCN(C(=O)COC(C)=O)CC2)cc1OC1CCCC1. The second-order valence-electron chi connectivity index (χ2n) is 7.01. The quantitative estimate of drug-likeness (QED) is 0.709. The van der Waals surface area contributed by atoms with E-state index in [-0.39, 0.29) is 18.6 Å². The Bertz CT molecular complexity index is 664. The van der Waals surface area contributed by atoms with Crippen molar-refractivity contribution < 1.29 is 23.8 Å². The van der Waals surface area contributed by atoms with Crippen molar-refractivity contribution in [3.8, 4) is 11.5 Å². The molecule has 0 bridgehead atoms. The maximum Gasteiger partial charge on any atom is 0.303 e. The second kappa shape index (κ2) is 8.97. The van der Waals surface area contributed by atoms with E-state index in [0.717, 1.165) is 43.1 Å². The number of piperazine rings is 1. The lowest BCUT2D eigenvalue weighted by atomic mass is 10.2. The van der Waals surface area contributed by atoms with Gasteiger partial charge in [-0.15, -0.1) is 0 Å². The molecule has 27 heavy (non-hydrogen) atoms. The number of amides is 1. The highest BCUT2D eigenvalue weighted by molar-refractivity contribution is 5.80. The summed E-state index contributed by atoms with van der Waals surface area (Å²) in [5.41, 5.74) is 1.07. The molecule has 1 saturated heterocycles. The molecule has 1 aromatic carbocycles. The summed E-state index contributed by atoms with van der Waals surface area (Å²) in [6, 6.07) is 6.00. The van der Waals surface area contributed by atoms with Gasteiger partial charge in [0.2, 0.25) is 0 Å². The molecule has 0 spiro atoms. The van der Waals surface area contributed by atoms with Crippen LogP contribution in [0.3, 0.4) is 0 Å². The molecule has 0 unspecified atom stereocenters. The first-order valence-electron chi connectivity index (χ1n) is 9.57. The highest BCUT2D eigenvalue weighted by Gasteiger charge is 2.23. The van der Waals surface area contributed by atoms with E-state index in [1.54, 1.807) is 12.0 Å². The first kappa shape index (κ1) is 19.3. The Balaban J connectivity index is 1.60. The molecule has 0 aromatic heterocycles. The Morgan fingerprint density at radius 2 is 1.78 bits per heavy atom. The van der Waals surface area contributed by atoms with Crippen LogP contribution in [-0.4, -0.2) is 62.8 Å². The second-order valence-corrected chi connectivity index (χ2v) is 7.01. The van der Waals surface area contributed by atoms with Crippen LogP contribution in [0.5, 0.6) is 11.5 Å². The Kier molecular flexibility index (Phi) is 6.42. The fourth-order valence-corrected chi connectivity index (χ4v) is 3.61. The molecule has 148 valence electrons. The van der Waals surface area contributed by atoms with Gasteiger partial charge in [-0.3, -0.25) is 9.59 Å². The van der Waals surface area contributed by atoms with E-state index < -0.39 is 5.97 Å². The molecular formula is C20H28N2O5. The third kappa shape index (κ3) is 5.05. The third-order valence-electron chi connectivity index (χ3n) is 5.14. The number of nitrogens with zero attached hydrogens (tertiary/aromatic N) is 2. The van der Waals surface area contributed by atoms with Crippen molar-refractivity contribution in [3.63, 3.8) is 0 Å². The molecule has 1 amide bonds. The monoisotopic (exact) mass is 376 g/mol. The van der Waals surface area contributed by atoms with Crippen molar-refractivity contribution in [2.45, 2.75) is 38.7 Å². The fraction of sp³-hybridized carbons (Fsp3) is 0.600. The molecular weight excluding hydrogens is 348 g/mol. The standard InChI is InChI=1S/C20H28N2O5/c1-15(23)26-14-20(24)22-11-9-21(10-12-22)16-7-8-18(25-2)19(13-16)27-17-5-3-4-6-17/h7-8,13,17H,3-6,9-12,14H2,1-2H3. The Hall–Kier alpha value is -2.44. The van der Waals surface area contributed by atoms with Gasteiger partial charge in [0.15, 0.2) is 18.1 Å². The lowest BCUT2D eigenvalue weighted by Gasteiger charge is -2.36. The van der Waals surface area contributed by atoms with Crippen LogP contribution in [-0.2, 0) is 14.3 Å². The van der Waals surface area contributed by atoms with Gasteiger partial charge < -0.3 is 24.0 Å². The van der Waals surface area contributed by atoms with Gasteiger partial charge in [-0.2, -0.15) is 0 Å². The number of carbonyl (C=O) groups is 2. The van der Waals surface area contributed by atoms with Crippen LogP contribution in [0.25, 0.3) is 0 Å². The van der Waals surface area contributed by atoms with Crippen LogP contribution in [0.4, 0.5) is 5.69 Å². The molecule has 7 nitrogen and oxygen atoms in total. The van der Waals surface area contributed by atoms with Crippen molar-refractivity contribution >= 4 is 17.6 Å². The van der Waals surface area contributed by atoms with Gasteiger partial charge in [0.05, 0.1) is 13.2 Å². The van der Waals surface area contributed by atoms with E-state index in [9.17, 15) is 9.59 Å². The van der Waals surface area contributed by atoms with Gasteiger partial charge in [0.25, 0.3) is 5.91 Å². The summed E-state index contributed by atoms with van der Waals surface area (Å²) in [6.07, 6.45) is 4.89. The number of benzene rings is 1. The number of hydrogen-bond donors (Lipinski definition) is 0. The Morgan fingerprint density at radius 1 is 1.07 bits per heavy atom. The van der Waals surface area contributed by atoms with Crippen molar-refractivity contribution in [1.82, 2.24) is 4.90 Å². The van der Waals surface area contributed by atoms with Crippen LogP contribution in [0.2, 0.25) is 0 Å². The normalized spacial score (nSPS) is 17.7. The summed E-state index contributed by atoms with van der Waals surface area (Å²) in [5, 5.41) is 0. The summed E-state index contributed by atoms with van der Waals surface area (Å²) in [4.78, 5) is 26.9. The third-order valence-corrected chi connectivity index (χ3v) is 5.14. The minimum Gasteiger partial charge on any atom is -0.493 e. The van der Waals surface area contributed by atoms with Crippen LogP contribution in [0, 0.1) is 0 Å². The largest absolute Gasteiger partial charge is 0.493 e. The lowest BCUT2D eigenvalue weighted by Crippen LogP contribution is -2.49. The average Bonchev–Trinajstić information content (AvgIpc) is 3.19. The first-order chi connectivity index (χ1) is 13.1. The van der Waals surface area contributed by atoms with Crippen molar-refractivity contribution in [2.75, 3.05) is 44.8 Å². The van der Waals surface area contributed by atoms with E-state index in [4.69, 9.17) is 14.2 Å². The van der Waals surface area contributed by atoms with Crippen LogP contribution in [0.1, 0.15) is 32.6 Å². The van der Waals surface area contributed by atoms with Crippen LogP contribution >= 0.6 is 0 Å². The van der Waals surface area contributed by atoms with Gasteiger partial charge in [0, 0.05) is 44.9 Å². The van der Waals surface area contributed by atoms with Crippen molar-refractivity contribution in [2.24, 2.45) is 0 Å². The van der Waals surface area contributed by atoms with E-state index in [2.05, 4.69) is 4.90 Å². The molecule has 1 aliphatic heterocycles. The van der Waals surface area contributed by atoms with E-state index >= 15 is 0 Å². The maximum absolute atomic E-state index is 12.1. The molecule has 1 saturated carbocycles. The maximum atomic E-state index is 12.1. The predicted octanol–water partition coefficient (Wildman–Crippen LogP) is 2.23. The zero-order valence-electron chi connectivity index (χ0n) is 16.1. The zero-order chi connectivity index (χ0) is 19.2. The first-order valence-corrected chi connectivity index (χ1v) is 9.57. The van der Waals surface area contributed by atoms with E-state index in [1.165, 1.54) is 19.8 Å². The number of rotatable bonds is 6. The molecule has 1 heterocycles. The number of hydrogen-bond acceptors (Lipinski definition) is 6. The summed E-state index contributed by atoms with van der Waals surface area (Å²) >= 11 is 0. The molecule has 3 rings (SSSR count). The smallest absolute Gasteiger partial charge is 0.303 e. The van der Waals surface area contributed by atoms with Gasteiger partial charge in [0.1, 0.15) is 0 Å². The number of carbonyl (C=O) groups excluding carboxylic acids is 2. The number of esters is 1. The van der Waals surface area contributed by atoms with Crippen molar-refractivity contribution in [1.29, 1.82) is 0 Å². The summed E-state index contributed by atoms with van der Waals surface area (Å²) in [7, 11) is 1.66. The summed E-state index contributed by atoms with van der Waals surface area (Å²) in [5.74, 6) is 0.955. The molecule has 2 aliphatic rings. The van der Waals surface area contributed by atoms with Gasteiger partial charge in [-0.25, -0.2) is 0 Å². The molecule has 0 radical (unpaired) electrons. The van der Waals surface area contributed by atoms with Crippen LogP contribution in [0.15, 0.2) is 18.2 Å². The molecule has 1 aromatic rings. The zero-order valence-corrected chi connectivity index (χ0v) is 16.1. The van der Waals surface area contributed by atoms with E-state index in [1.807, 2.05) is 18.2 Å². The highest BCUT2D eigenvalue weighted by atomic mass is 16.5. The lowest BCUT2D eigenvalue weighted by molar-refractivity contribution is -0.150. The van der Waals surface area contributed by atoms with E-state index in [0.29, 0.717) is 13.1 Å². The minimum absolute atomic E-state index is 0.148. The molecule has 1 aliphatic carbocycles. The predicted molar refractivity (Wildman–Crippen MR) is 101 cm³/mol. The fourth-order valence-electron chi connectivity index (χ4n) is 3.61. The van der Waals surface area contributed by atoms with Gasteiger partial charge in [-0.05, 0) is 37.8 Å². The van der Waals surface area contributed by atoms with Crippen molar-refractivity contribution in [3.05, 3.63) is 18.2 Å². The number of ether oxygens (including phenoxy) is 3. The minimum atomic E-state index is -0.435. The van der Waals surface area contributed by atoms with Gasteiger partial charge in [-0.1, -0.05) is 0 Å². The highest BCUT2D eigenvalue weighted by Crippen LogP contribution is 2.35. The molecule has 0 atom stereocenters. The number of anilines is 1. The summed E-state index contributed by atoms with van der Waals surface area (Å²) in [6.45, 7) is 3.77. The van der Waals surface area contributed by atoms with Crippen LogP contribution < -0.4 is 14.4 Å². The number of methoxy groups -OCH3 is 1. The molecule has 0 N–H and O–H groups in total.